The Hall–Kier alpha value is -0.610. The third kappa shape index (κ3) is 2.25. The maximum absolute atomic E-state index is 11.2. The van der Waals surface area contributed by atoms with E-state index in [9.17, 15) is 9.90 Å². The second kappa shape index (κ2) is 4.75. The number of hydrogen-bond donors (Lipinski definition) is 2. The van der Waals surface area contributed by atoms with Crippen molar-refractivity contribution in [3.63, 3.8) is 0 Å². The van der Waals surface area contributed by atoms with Crippen LogP contribution >= 0.6 is 0 Å². The number of hydrogen-bond acceptors (Lipinski definition) is 3. The smallest absolute Gasteiger partial charge is 0.323 e. The fourth-order valence-corrected chi connectivity index (χ4v) is 2.06. The van der Waals surface area contributed by atoms with Crippen LogP contribution in [0.1, 0.15) is 32.6 Å². The summed E-state index contributed by atoms with van der Waals surface area (Å²) in [6.07, 6.45) is 3.76. The van der Waals surface area contributed by atoms with Crippen LogP contribution < -0.4 is 5.73 Å². The highest BCUT2D eigenvalue weighted by Gasteiger charge is 2.40. The summed E-state index contributed by atoms with van der Waals surface area (Å²) in [7, 11) is 0. The first-order valence-electron chi connectivity index (χ1n) is 5.30. The first-order chi connectivity index (χ1) is 6.61. The number of nitrogens with zero attached hydrogens (tertiary/aromatic N) is 1. The number of aliphatic carboxylic acids is 1. The summed E-state index contributed by atoms with van der Waals surface area (Å²) in [5.41, 5.74) is 4.78. The monoisotopic (exact) mass is 200 g/mol. The third-order valence-corrected chi connectivity index (χ3v) is 3.13. The van der Waals surface area contributed by atoms with E-state index in [1.165, 1.54) is 0 Å². The van der Waals surface area contributed by atoms with Gasteiger partial charge in [-0.25, -0.2) is 0 Å². The number of nitrogens with two attached hydrogens (primary N) is 1. The van der Waals surface area contributed by atoms with Crippen LogP contribution in [0.3, 0.4) is 0 Å². The highest BCUT2D eigenvalue weighted by Crippen LogP contribution is 2.27. The van der Waals surface area contributed by atoms with Crippen molar-refractivity contribution in [1.82, 2.24) is 4.90 Å². The van der Waals surface area contributed by atoms with Crippen LogP contribution in [0.2, 0.25) is 0 Å². The molecule has 14 heavy (non-hydrogen) atoms. The molecule has 1 saturated heterocycles. The number of likely N-dealkylation sites (tertiary alicyclic amines) is 1. The van der Waals surface area contributed by atoms with Crippen LogP contribution in [0.15, 0.2) is 0 Å². The minimum absolute atomic E-state index is 0.631. The van der Waals surface area contributed by atoms with Crippen molar-refractivity contribution in [3.05, 3.63) is 0 Å². The Bertz CT molecular complexity index is 208. The van der Waals surface area contributed by atoms with Gasteiger partial charge in [0.2, 0.25) is 0 Å². The van der Waals surface area contributed by atoms with E-state index in [4.69, 9.17) is 5.73 Å². The zero-order valence-electron chi connectivity index (χ0n) is 8.83. The predicted molar refractivity (Wildman–Crippen MR) is 55.1 cm³/mol. The SMILES string of the molecule is CC1(C(=O)O)CCCCN1CCCN. The summed E-state index contributed by atoms with van der Waals surface area (Å²) >= 11 is 0. The van der Waals surface area contributed by atoms with Gasteiger partial charge in [0.1, 0.15) is 5.54 Å². The minimum Gasteiger partial charge on any atom is -0.480 e. The summed E-state index contributed by atoms with van der Waals surface area (Å²) in [5, 5.41) is 9.19. The van der Waals surface area contributed by atoms with Gasteiger partial charge in [-0.1, -0.05) is 0 Å². The number of carbonyl (C=O) groups is 1. The molecule has 1 aliphatic heterocycles. The maximum Gasteiger partial charge on any atom is 0.323 e. The third-order valence-electron chi connectivity index (χ3n) is 3.13. The number of rotatable bonds is 4. The topological polar surface area (TPSA) is 66.6 Å². The molecule has 1 heterocycles. The molecule has 4 nitrogen and oxygen atoms in total. The Morgan fingerprint density at radius 1 is 1.57 bits per heavy atom. The molecule has 0 aromatic carbocycles. The number of carboxylic acids is 1. The zero-order valence-corrected chi connectivity index (χ0v) is 8.83. The van der Waals surface area contributed by atoms with Gasteiger partial charge in [0.25, 0.3) is 0 Å². The second-order valence-corrected chi connectivity index (χ2v) is 4.17. The van der Waals surface area contributed by atoms with Crippen LogP contribution in [-0.4, -0.2) is 41.1 Å². The Kier molecular flexibility index (Phi) is 3.89. The van der Waals surface area contributed by atoms with Crippen LogP contribution in [0, 0.1) is 0 Å². The van der Waals surface area contributed by atoms with Crippen LogP contribution in [-0.2, 0) is 4.79 Å². The van der Waals surface area contributed by atoms with Crippen LogP contribution in [0.5, 0.6) is 0 Å². The van der Waals surface area contributed by atoms with Gasteiger partial charge in [0.15, 0.2) is 0 Å². The standard InChI is InChI=1S/C10H20N2O2/c1-10(9(13)14)5-2-3-7-12(10)8-4-6-11/h2-8,11H2,1H3,(H,13,14). The van der Waals surface area contributed by atoms with E-state index < -0.39 is 11.5 Å². The van der Waals surface area contributed by atoms with Gasteiger partial charge >= 0.3 is 5.97 Å². The van der Waals surface area contributed by atoms with E-state index in [2.05, 4.69) is 4.90 Å². The van der Waals surface area contributed by atoms with E-state index in [0.29, 0.717) is 6.54 Å². The van der Waals surface area contributed by atoms with Crippen molar-refractivity contribution < 1.29 is 9.90 Å². The van der Waals surface area contributed by atoms with Crippen LogP contribution in [0.25, 0.3) is 0 Å². The van der Waals surface area contributed by atoms with Crippen molar-refractivity contribution in [2.45, 2.75) is 38.1 Å². The molecule has 1 aliphatic rings. The van der Waals surface area contributed by atoms with E-state index >= 15 is 0 Å². The average Bonchev–Trinajstić information content (AvgIpc) is 2.16. The molecule has 0 aliphatic carbocycles. The summed E-state index contributed by atoms with van der Waals surface area (Å²) in [5.74, 6) is -0.700. The lowest BCUT2D eigenvalue weighted by Crippen LogP contribution is -2.55. The molecular formula is C10H20N2O2. The summed E-state index contributed by atoms with van der Waals surface area (Å²) in [6.45, 7) is 4.15. The Morgan fingerprint density at radius 2 is 2.29 bits per heavy atom. The highest BCUT2D eigenvalue weighted by atomic mass is 16.4. The largest absolute Gasteiger partial charge is 0.480 e. The van der Waals surface area contributed by atoms with E-state index in [1.54, 1.807) is 0 Å². The summed E-state index contributed by atoms with van der Waals surface area (Å²) in [4.78, 5) is 13.2. The first-order valence-corrected chi connectivity index (χ1v) is 5.30. The molecular weight excluding hydrogens is 180 g/mol. The van der Waals surface area contributed by atoms with Crippen molar-refractivity contribution >= 4 is 5.97 Å². The lowest BCUT2D eigenvalue weighted by Gasteiger charge is -2.41. The van der Waals surface area contributed by atoms with Crippen molar-refractivity contribution in [3.8, 4) is 0 Å². The van der Waals surface area contributed by atoms with Crippen molar-refractivity contribution in [1.29, 1.82) is 0 Å². The molecule has 0 bridgehead atoms. The Morgan fingerprint density at radius 3 is 2.86 bits per heavy atom. The number of carboxylic acid groups (broad SMARTS) is 1. The molecule has 3 N–H and O–H groups in total. The minimum atomic E-state index is -0.700. The molecule has 0 radical (unpaired) electrons. The van der Waals surface area contributed by atoms with Gasteiger partial charge < -0.3 is 10.8 Å². The fraction of sp³-hybridized carbons (Fsp3) is 0.900. The van der Waals surface area contributed by atoms with E-state index in [1.807, 2.05) is 6.92 Å². The lowest BCUT2D eigenvalue weighted by atomic mass is 9.88. The van der Waals surface area contributed by atoms with Gasteiger partial charge in [-0.15, -0.1) is 0 Å². The number of piperidine rings is 1. The fourth-order valence-electron chi connectivity index (χ4n) is 2.06. The molecule has 1 fully saturated rings. The Labute approximate surface area is 85.1 Å². The maximum atomic E-state index is 11.2. The second-order valence-electron chi connectivity index (χ2n) is 4.17. The van der Waals surface area contributed by atoms with Gasteiger partial charge in [-0.2, -0.15) is 0 Å². The Balaban J connectivity index is 2.63. The summed E-state index contributed by atoms with van der Waals surface area (Å²) in [6, 6.07) is 0. The molecule has 0 saturated carbocycles. The average molecular weight is 200 g/mol. The molecule has 82 valence electrons. The van der Waals surface area contributed by atoms with Gasteiger partial charge in [0.05, 0.1) is 0 Å². The van der Waals surface area contributed by atoms with Gasteiger partial charge in [-0.3, -0.25) is 9.69 Å². The summed E-state index contributed by atoms with van der Waals surface area (Å²) < 4.78 is 0. The molecule has 0 spiro atoms. The van der Waals surface area contributed by atoms with E-state index in [0.717, 1.165) is 38.8 Å². The zero-order chi connectivity index (χ0) is 10.6. The predicted octanol–water partition coefficient (Wildman–Crippen LogP) is 0.664. The molecule has 0 aromatic heterocycles. The normalized spacial score (nSPS) is 29.0. The molecule has 4 heteroatoms. The van der Waals surface area contributed by atoms with Crippen molar-refractivity contribution in [2.24, 2.45) is 5.73 Å². The van der Waals surface area contributed by atoms with Gasteiger partial charge in [0, 0.05) is 6.54 Å². The van der Waals surface area contributed by atoms with Crippen molar-refractivity contribution in [2.75, 3.05) is 19.6 Å². The quantitative estimate of drug-likeness (QED) is 0.699. The van der Waals surface area contributed by atoms with Crippen LogP contribution in [0.4, 0.5) is 0 Å². The lowest BCUT2D eigenvalue weighted by molar-refractivity contribution is -0.152. The highest BCUT2D eigenvalue weighted by molar-refractivity contribution is 5.78. The van der Waals surface area contributed by atoms with Gasteiger partial charge in [-0.05, 0) is 45.7 Å². The molecule has 1 atom stereocenters. The first kappa shape index (κ1) is 11.5. The molecule has 1 rings (SSSR count). The molecule has 0 amide bonds. The molecule has 0 aromatic rings. The van der Waals surface area contributed by atoms with E-state index in [-0.39, 0.29) is 0 Å². The molecule has 1 unspecified atom stereocenters.